The molecular weight excluding hydrogens is 282 g/mol. The highest BCUT2D eigenvalue weighted by molar-refractivity contribution is 5.92. The number of nitrogens with zero attached hydrogens (tertiary/aromatic N) is 3. The SMILES string of the molecule is CC1CC(C(=O)O)CN(C(=O)c2ccn(C3CCCC3)n2)C1. The molecule has 2 fully saturated rings. The van der Waals surface area contributed by atoms with Gasteiger partial charge in [-0.3, -0.25) is 14.3 Å². The third-order valence-electron chi connectivity index (χ3n) is 4.82. The van der Waals surface area contributed by atoms with E-state index in [4.69, 9.17) is 0 Å². The number of carboxylic acids is 1. The molecule has 1 amide bonds. The molecule has 0 radical (unpaired) electrons. The average Bonchev–Trinajstić information content (AvgIpc) is 3.16. The van der Waals surface area contributed by atoms with Crippen LogP contribution in [0.5, 0.6) is 0 Å². The largest absolute Gasteiger partial charge is 0.481 e. The number of carbonyl (C=O) groups is 2. The van der Waals surface area contributed by atoms with Gasteiger partial charge in [-0.05, 0) is 31.2 Å². The summed E-state index contributed by atoms with van der Waals surface area (Å²) >= 11 is 0. The van der Waals surface area contributed by atoms with Crippen LogP contribution in [0.4, 0.5) is 0 Å². The van der Waals surface area contributed by atoms with Gasteiger partial charge >= 0.3 is 5.97 Å². The number of aromatic nitrogens is 2. The first kappa shape index (κ1) is 15.1. The standard InChI is InChI=1S/C16H23N3O3/c1-11-8-12(16(21)22)10-18(9-11)15(20)14-6-7-19(17-14)13-4-2-3-5-13/h6-7,11-13H,2-5,8-10H2,1H3,(H,21,22). The monoisotopic (exact) mass is 305 g/mol. The zero-order valence-corrected chi connectivity index (χ0v) is 12.9. The molecule has 2 atom stereocenters. The van der Waals surface area contributed by atoms with Crippen LogP contribution in [0.25, 0.3) is 0 Å². The van der Waals surface area contributed by atoms with E-state index in [0.29, 0.717) is 24.7 Å². The van der Waals surface area contributed by atoms with Crippen LogP contribution in [-0.4, -0.2) is 44.8 Å². The fourth-order valence-electron chi connectivity index (χ4n) is 3.68. The van der Waals surface area contributed by atoms with E-state index in [2.05, 4.69) is 5.10 Å². The fourth-order valence-corrected chi connectivity index (χ4v) is 3.68. The van der Waals surface area contributed by atoms with Gasteiger partial charge in [-0.25, -0.2) is 0 Å². The van der Waals surface area contributed by atoms with Crippen LogP contribution in [0.2, 0.25) is 0 Å². The highest BCUT2D eigenvalue weighted by Gasteiger charge is 2.33. The smallest absolute Gasteiger partial charge is 0.308 e. The highest BCUT2D eigenvalue weighted by Crippen LogP contribution is 2.29. The van der Waals surface area contributed by atoms with Gasteiger partial charge in [0.25, 0.3) is 5.91 Å². The van der Waals surface area contributed by atoms with E-state index in [1.54, 1.807) is 11.0 Å². The Morgan fingerprint density at radius 2 is 2.00 bits per heavy atom. The van der Waals surface area contributed by atoms with Crippen LogP contribution in [0.3, 0.4) is 0 Å². The maximum absolute atomic E-state index is 12.6. The third kappa shape index (κ3) is 3.00. The number of aliphatic carboxylic acids is 1. The number of likely N-dealkylation sites (tertiary alicyclic amines) is 1. The van der Waals surface area contributed by atoms with Crippen molar-refractivity contribution in [1.29, 1.82) is 0 Å². The number of piperidine rings is 1. The van der Waals surface area contributed by atoms with Crippen molar-refractivity contribution >= 4 is 11.9 Å². The first-order valence-electron chi connectivity index (χ1n) is 8.12. The minimum Gasteiger partial charge on any atom is -0.481 e. The molecule has 1 aliphatic carbocycles. The predicted molar refractivity (Wildman–Crippen MR) is 80.5 cm³/mol. The molecule has 2 aliphatic rings. The molecule has 1 saturated carbocycles. The first-order chi connectivity index (χ1) is 10.5. The Bertz CT molecular complexity index is 563. The van der Waals surface area contributed by atoms with Gasteiger partial charge < -0.3 is 10.0 Å². The third-order valence-corrected chi connectivity index (χ3v) is 4.82. The summed E-state index contributed by atoms with van der Waals surface area (Å²) in [4.78, 5) is 25.5. The molecule has 0 aromatic carbocycles. The topological polar surface area (TPSA) is 75.4 Å². The zero-order valence-electron chi connectivity index (χ0n) is 12.9. The minimum absolute atomic E-state index is 0.144. The van der Waals surface area contributed by atoms with Gasteiger partial charge in [0.15, 0.2) is 0 Å². The molecule has 2 heterocycles. The van der Waals surface area contributed by atoms with Crippen LogP contribution in [0, 0.1) is 11.8 Å². The molecule has 3 rings (SSSR count). The molecule has 1 N–H and O–H groups in total. The van der Waals surface area contributed by atoms with Gasteiger partial charge in [0.1, 0.15) is 5.69 Å². The van der Waals surface area contributed by atoms with Crippen molar-refractivity contribution in [3.63, 3.8) is 0 Å². The van der Waals surface area contributed by atoms with Crippen molar-refractivity contribution in [2.24, 2.45) is 11.8 Å². The van der Waals surface area contributed by atoms with Gasteiger partial charge in [0.05, 0.1) is 12.0 Å². The van der Waals surface area contributed by atoms with E-state index in [0.717, 1.165) is 12.8 Å². The number of carboxylic acid groups (broad SMARTS) is 1. The van der Waals surface area contributed by atoms with Gasteiger partial charge in [0.2, 0.25) is 0 Å². The lowest BCUT2D eigenvalue weighted by atomic mass is 9.90. The zero-order chi connectivity index (χ0) is 15.7. The molecule has 22 heavy (non-hydrogen) atoms. The summed E-state index contributed by atoms with van der Waals surface area (Å²) < 4.78 is 1.91. The quantitative estimate of drug-likeness (QED) is 0.928. The van der Waals surface area contributed by atoms with E-state index < -0.39 is 11.9 Å². The number of rotatable bonds is 3. The van der Waals surface area contributed by atoms with Crippen LogP contribution in [-0.2, 0) is 4.79 Å². The molecule has 6 nitrogen and oxygen atoms in total. The number of hydrogen-bond acceptors (Lipinski definition) is 3. The Kier molecular flexibility index (Phi) is 4.18. The van der Waals surface area contributed by atoms with Crippen LogP contribution in [0.1, 0.15) is 55.6 Å². The second-order valence-corrected chi connectivity index (χ2v) is 6.71. The molecule has 1 aromatic rings. The summed E-state index contributed by atoms with van der Waals surface area (Å²) in [5, 5.41) is 13.7. The summed E-state index contributed by atoms with van der Waals surface area (Å²) in [5.74, 6) is -1.23. The average molecular weight is 305 g/mol. The van der Waals surface area contributed by atoms with Crippen molar-refractivity contribution in [3.8, 4) is 0 Å². The number of amides is 1. The molecule has 0 bridgehead atoms. The Morgan fingerprint density at radius 3 is 2.68 bits per heavy atom. The summed E-state index contributed by atoms with van der Waals surface area (Å²) in [7, 11) is 0. The number of carbonyl (C=O) groups excluding carboxylic acids is 1. The summed E-state index contributed by atoms with van der Waals surface area (Å²) in [6.07, 6.45) is 7.20. The maximum Gasteiger partial charge on any atom is 0.308 e. The van der Waals surface area contributed by atoms with E-state index in [9.17, 15) is 14.7 Å². The number of hydrogen-bond donors (Lipinski definition) is 1. The minimum atomic E-state index is -0.819. The molecule has 120 valence electrons. The summed E-state index contributed by atoms with van der Waals surface area (Å²) in [6, 6.07) is 2.17. The van der Waals surface area contributed by atoms with Gasteiger partial charge in [-0.15, -0.1) is 0 Å². The lowest BCUT2D eigenvalue weighted by Crippen LogP contribution is -2.45. The van der Waals surface area contributed by atoms with Crippen LogP contribution in [0.15, 0.2) is 12.3 Å². The second kappa shape index (κ2) is 6.10. The lowest BCUT2D eigenvalue weighted by Gasteiger charge is -2.34. The Morgan fingerprint density at radius 1 is 1.27 bits per heavy atom. The van der Waals surface area contributed by atoms with Crippen molar-refractivity contribution in [3.05, 3.63) is 18.0 Å². The molecule has 6 heteroatoms. The van der Waals surface area contributed by atoms with Crippen LogP contribution >= 0.6 is 0 Å². The van der Waals surface area contributed by atoms with Gasteiger partial charge in [0, 0.05) is 19.3 Å². The molecule has 1 aromatic heterocycles. The first-order valence-corrected chi connectivity index (χ1v) is 8.12. The van der Waals surface area contributed by atoms with E-state index in [1.165, 1.54) is 12.8 Å². The molecule has 1 aliphatic heterocycles. The van der Waals surface area contributed by atoms with E-state index >= 15 is 0 Å². The maximum atomic E-state index is 12.6. The normalized spacial score (nSPS) is 26.3. The van der Waals surface area contributed by atoms with Gasteiger partial charge in [-0.1, -0.05) is 19.8 Å². The van der Waals surface area contributed by atoms with Crippen LogP contribution < -0.4 is 0 Å². The van der Waals surface area contributed by atoms with Crippen molar-refractivity contribution in [2.75, 3.05) is 13.1 Å². The van der Waals surface area contributed by atoms with Gasteiger partial charge in [-0.2, -0.15) is 5.10 Å². The van der Waals surface area contributed by atoms with Crippen molar-refractivity contribution < 1.29 is 14.7 Å². The predicted octanol–water partition coefficient (Wildman–Crippen LogP) is 2.18. The summed E-state index contributed by atoms with van der Waals surface area (Å²) in [5.41, 5.74) is 0.435. The van der Waals surface area contributed by atoms with E-state index in [1.807, 2.05) is 17.8 Å². The fraction of sp³-hybridized carbons (Fsp3) is 0.688. The molecule has 0 spiro atoms. The Hall–Kier alpha value is -1.85. The second-order valence-electron chi connectivity index (χ2n) is 6.71. The van der Waals surface area contributed by atoms with Crippen molar-refractivity contribution in [1.82, 2.24) is 14.7 Å². The Labute approximate surface area is 130 Å². The Balaban J connectivity index is 1.71. The lowest BCUT2D eigenvalue weighted by molar-refractivity contribution is -0.143. The molecule has 1 saturated heterocycles. The van der Waals surface area contributed by atoms with Crippen molar-refractivity contribution in [2.45, 2.75) is 45.1 Å². The van der Waals surface area contributed by atoms with E-state index in [-0.39, 0.29) is 18.4 Å². The summed E-state index contributed by atoms with van der Waals surface area (Å²) in [6.45, 7) is 2.89. The molecular formula is C16H23N3O3. The highest BCUT2D eigenvalue weighted by atomic mass is 16.4. The molecule has 2 unspecified atom stereocenters.